The average Bonchev–Trinajstić information content (AvgIpc) is 3.07. The van der Waals surface area contributed by atoms with Gasteiger partial charge in [-0.25, -0.2) is 24.7 Å². The van der Waals surface area contributed by atoms with Gasteiger partial charge in [0.1, 0.15) is 17.2 Å². The number of hydrogen-bond acceptors (Lipinski definition) is 11. The minimum atomic E-state index is -4.63. The van der Waals surface area contributed by atoms with Gasteiger partial charge in [-0.1, -0.05) is 30.3 Å². The Hall–Kier alpha value is -5.71. The molecule has 47 heavy (non-hydrogen) atoms. The van der Waals surface area contributed by atoms with Crippen LogP contribution >= 0.6 is 0 Å². The number of carbonyl (C=O) groups is 2. The van der Waals surface area contributed by atoms with Crippen molar-refractivity contribution in [3.8, 4) is 11.4 Å². The van der Waals surface area contributed by atoms with Crippen molar-refractivity contribution in [2.75, 3.05) is 42.6 Å². The van der Waals surface area contributed by atoms with Gasteiger partial charge in [0.25, 0.3) is 11.6 Å². The van der Waals surface area contributed by atoms with E-state index in [0.717, 1.165) is 17.8 Å². The fourth-order valence-electron chi connectivity index (χ4n) is 4.64. The predicted octanol–water partition coefficient (Wildman–Crippen LogP) is 3.59. The number of benzene rings is 2. The van der Waals surface area contributed by atoms with E-state index in [9.17, 15) is 38.0 Å². The Kier molecular flexibility index (Phi) is 9.84. The summed E-state index contributed by atoms with van der Waals surface area (Å²) < 4.78 is 45.1. The first kappa shape index (κ1) is 32.7. The highest BCUT2D eigenvalue weighted by Crippen LogP contribution is 2.29. The summed E-state index contributed by atoms with van der Waals surface area (Å²) in [4.78, 5) is 55.7. The Labute approximate surface area is 265 Å². The Morgan fingerprint density at radius 2 is 1.66 bits per heavy atom. The Bertz CT molecular complexity index is 1740. The average molecular weight is 653 g/mol. The van der Waals surface area contributed by atoms with Crippen LogP contribution in [0.4, 0.5) is 30.6 Å². The second-order valence-electron chi connectivity index (χ2n) is 10.3. The van der Waals surface area contributed by atoms with Crippen LogP contribution < -0.4 is 15.1 Å². The molecule has 1 fully saturated rings. The Morgan fingerprint density at radius 3 is 2.30 bits per heavy atom. The van der Waals surface area contributed by atoms with E-state index in [2.05, 4.69) is 25.3 Å². The lowest BCUT2D eigenvalue weighted by Gasteiger charge is -2.35. The summed E-state index contributed by atoms with van der Waals surface area (Å²) in [6.45, 7) is 0.743. The Balaban J connectivity index is 1.36. The van der Waals surface area contributed by atoms with E-state index >= 15 is 0 Å². The molecule has 17 heteroatoms. The number of carboxylic acid groups (broad SMARTS) is 1. The summed E-state index contributed by atoms with van der Waals surface area (Å²) in [6, 6.07) is 15.1. The van der Waals surface area contributed by atoms with Gasteiger partial charge >= 0.3 is 12.1 Å². The van der Waals surface area contributed by atoms with Gasteiger partial charge in [0.15, 0.2) is 11.9 Å². The number of nitrogens with zero attached hydrogens (tertiary/aromatic N) is 7. The first-order valence-corrected chi connectivity index (χ1v) is 14.2. The fraction of sp³-hybridized carbons (Fsp3) is 0.267. The van der Waals surface area contributed by atoms with E-state index in [-0.39, 0.29) is 68.4 Å². The van der Waals surface area contributed by atoms with Crippen molar-refractivity contribution in [2.24, 2.45) is 0 Å². The number of ether oxygens (including phenoxy) is 1. The van der Waals surface area contributed by atoms with Gasteiger partial charge in [0.2, 0.25) is 5.95 Å². The SMILES string of the molecule is O=C(NC(COCc1ccccc1)C(=O)O)c1cc(N2CCN(c3nccc(C(F)(F)F)n3)CC2)nc(-c2ccc([N+](=O)[O-])cc2)n1. The van der Waals surface area contributed by atoms with Gasteiger partial charge in [-0.05, 0) is 23.8 Å². The maximum atomic E-state index is 13.4. The molecular formula is C30H27F3N8O6. The molecule has 1 atom stereocenters. The summed E-state index contributed by atoms with van der Waals surface area (Å²) >= 11 is 0. The maximum Gasteiger partial charge on any atom is 0.433 e. The van der Waals surface area contributed by atoms with Crippen LogP contribution in [-0.4, -0.2) is 80.7 Å². The second kappa shape index (κ2) is 14.2. The summed E-state index contributed by atoms with van der Waals surface area (Å²) in [7, 11) is 0. The monoisotopic (exact) mass is 652 g/mol. The summed E-state index contributed by atoms with van der Waals surface area (Å²) in [5.74, 6) is -1.93. The second-order valence-corrected chi connectivity index (χ2v) is 10.3. The van der Waals surface area contributed by atoms with E-state index < -0.39 is 34.7 Å². The molecule has 5 rings (SSSR count). The first-order chi connectivity index (χ1) is 22.5. The number of nitro benzene ring substituents is 1. The summed E-state index contributed by atoms with van der Waals surface area (Å²) in [5.41, 5.74) is -0.245. The number of halogens is 3. The van der Waals surface area contributed by atoms with Crippen LogP contribution in [0.5, 0.6) is 0 Å². The molecule has 1 aliphatic heterocycles. The highest BCUT2D eigenvalue weighted by Gasteiger charge is 2.34. The number of nitro groups is 1. The number of amides is 1. The number of nitrogens with one attached hydrogen (secondary N) is 1. The molecular weight excluding hydrogens is 625 g/mol. The van der Waals surface area contributed by atoms with Crippen molar-refractivity contribution in [3.63, 3.8) is 0 Å². The number of non-ortho nitro benzene ring substituents is 1. The molecule has 1 unspecified atom stereocenters. The van der Waals surface area contributed by atoms with Crippen molar-refractivity contribution < 1.29 is 37.5 Å². The molecule has 2 aromatic heterocycles. The number of piperazine rings is 1. The zero-order valence-corrected chi connectivity index (χ0v) is 24.5. The highest BCUT2D eigenvalue weighted by molar-refractivity contribution is 5.96. The number of anilines is 2. The predicted molar refractivity (Wildman–Crippen MR) is 161 cm³/mol. The molecule has 4 aromatic rings. The van der Waals surface area contributed by atoms with Crippen LogP contribution in [0.25, 0.3) is 11.4 Å². The topological polar surface area (TPSA) is 177 Å². The van der Waals surface area contributed by atoms with Crippen molar-refractivity contribution >= 4 is 29.3 Å². The molecule has 2 aromatic carbocycles. The van der Waals surface area contributed by atoms with Crippen molar-refractivity contribution in [1.29, 1.82) is 0 Å². The molecule has 1 saturated heterocycles. The number of carboxylic acids is 1. The molecule has 244 valence electrons. The van der Waals surface area contributed by atoms with Crippen LogP contribution in [-0.2, 0) is 22.3 Å². The molecule has 0 bridgehead atoms. The van der Waals surface area contributed by atoms with Crippen LogP contribution in [0.1, 0.15) is 21.7 Å². The van der Waals surface area contributed by atoms with E-state index in [4.69, 9.17) is 4.74 Å². The standard InChI is InChI=1S/C30H27F3N8O6/c31-30(32,33)24-10-11-34-29(37-24)40-14-12-39(13-15-40)25-16-22(35-26(38-25)20-6-8-21(9-7-20)41(45)46)27(42)36-23(28(43)44)18-47-17-19-4-2-1-3-5-19/h1-11,16,23H,12-15,17-18H2,(H,36,42)(H,43,44). The maximum absolute atomic E-state index is 13.4. The lowest BCUT2D eigenvalue weighted by Crippen LogP contribution is -2.48. The molecule has 0 saturated carbocycles. The van der Waals surface area contributed by atoms with Gasteiger partial charge < -0.3 is 25.0 Å². The molecule has 2 N–H and O–H groups in total. The van der Waals surface area contributed by atoms with Crippen LogP contribution in [0.15, 0.2) is 72.9 Å². The van der Waals surface area contributed by atoms with Crippen molar-refractivity contribution in [1.82, 2.24) is 25.3 Å². The number of aromatic nitrogens is 4. The quantitative estimate of drug-likeness (QED) is 0.178. The van der Waals surface area contributed by atoms with Crippen LogP contribution in [0, 0.1) is 10.1 Å². The highest BCUT2D eigenvalue weighted by atomic mass is 19.4. The Morgan fingerprint density at radius 1 is 0.979 bits per heavy atom. The number of carbonyl (C=O) groups excluding carboxylic acids is 1. The smallest absolute Gasteiger partial charge is 0.433 e. The number of hydrogen-bond donors (Lipinski definition) is 2. The minimum Gasteiger partial charge on any atom is -0.480 e. The third kappa shape index (κ3) is 8.31. The fourth-order valence-corrected chi connectivity index (χ4v) is 4.64. The van der Waals surface area contributed by atoms with E-state index in [0.29, 0.717) is 5.56 Å². The molecule has 14 nitrogen and oxygen atoms in total. The van der Waals surface area contributed by atoms with E-state index in [1.807, 2.05) is 30.3 Å². The molecule has 0 spiro atoms. The number of rotatable bonds is 11. The van der Waals surface area contributed by atoms with Gasteiger partial charge in [-0.2, -0.15) is 13.2 Å². The lowest BCUT2D eigenvalue weighted by atomic mass is 10.2. The van der Waals surface area contributed by atoms with Gasteiger partial charge in [0, 0.05) is 56.1 Å². The first-order valence-electron chi connectivity index (χ1n) is 14.2. The molecule has 3 heterocycles. The van der Waals surface area contributed by atoms with E-state index in [1.165, 1.54) is 30.3 Å². The third-order valence-electron chi connectivity index (χ3n) is 7.10. The van der Waals surface area contributed by atoms with Crippen LogP contribution in [0.3, 0.4) is 0 Å². The van der Waals surface area contributed by atoms with Crippen LogP contribution in [0.2, 0.25) is 0 Å². The zero-order valence-electron chi connectivity index (χ0n) is 24.5. The molecule has 0 aliphatic carbocycles. The zero-order chi connectivity index (χ0) is 33.6. The van der Waals surface area contributed by atoms with Gasteiger partial charge in [-0.15, -0.1) is 0 Å². The lowest BCUT2D eigenvalue weighted by molar-refractivity contribution is -0.384. The third-order valence-corrected chi connectivity index (χ3v) is 7.10. The van der Waals surface area contributed by atoms with Crippen molar-refractivity contribution in [3.05, 3.63) is 100.0 Å². The summed E-state index contributed by atoms with van der Waals surface area (Å²) in [5, 5.41) is 23.3. The number of alkyl halides is 3. The van der Waals surface area contributed by atoms with Crippen molar-refractivity contribution in [2.45, 2.75) is 18.8 Å². The normalized spacial score (nSPS) is 14.0. The van der Waals surface area contributed by atoms with E-state index in [1.54, 1.807) is 9.80 Å². The minimum absolute atomic E-state index is 0.0402. The van der Waals surface area contributed by atoms with Gasteiger partial charge in [-0.3, -0.25) is 14.9 Å². The largest absolute Gasteiger partial charge is 0.480 e. The molecule has 0 radical (unpaired) electrons. The number of aliphatic carboxylic acids is 1. The van der Waals surface area contributed by atoms with Gasteiger partial charge in [0.05, 0.1) is 18.1 Å². The molecule has 1 aliphatic rings. The molecule has 1 amide bonds. The summed E-state index contributed by atoms with van der Waals surface area (Å²) in [6.07, 6.45) is -3.58.